The lowest BCUT2D eigenvalue weighted by Gasteiger charge is -2.31. The number of hydrogen-bond acceptors (Lipinski definition) is 7. The molecule has 0 spiro atoms. The zero-order valence-corrected chi connectivity index (χ0v) is 22.2. The highest BCUT2D eigenvalue weighted by molar-refractivity contribution is 7.92. The SMILES string of the molecule is C=CS(=O)(=O)NCC1CCN(S(=O)(=O)c2ccc(C(Cc3cccnc3)C(=O)N3CCOCC3)cc2)C1. The third-order valence-corrected chi connectivity index (χ3v) is 9.63. The van der Waals surface area contributed by atoms with Crippen molar-refractivity contribution < 1.29 is 26.4 Å². The number of benzene rings is 1. The number of nitrogens with one attached hydrogen (secondary N) is 1. The van der Waals surface area contributed by atoms with E-state index in [1.54, 1.807) is 41.6 Å². The predicted octanol–water partition coefficient (Wildman–Crippen LogP) is 1.34. The summed E-state index contributed by atoms with van der Waals surface area (Å²) >= 11 is 0. The number of aromatic nitrogens is 1. The van der Waals surface area contributed by atoms with Crippen molar-refractivity contribution in [1.29, 1.82) is 0 Å². The predicted molar refractivity (Wildman–Crippen MR) is 139 cm³/mol. The van der Waals surface area contributed by atoms with E-state index in [-0.39, 0.29) is 29.8 Å². The van der Waals surface area contributed by atoms with Crippen LogP contribution in [0.4, 0.5) is 0 Å². The van der Waals surface area contributed by atoms with Crippen LogP contribution in [0.1, 0.15) is 23.5 Å². The molecule has 200 valence electrons. The molecule has 2 saturated heterocycles. The Morgan fingerprint density at radius 3 is 2.51 bits per heavy atom. The minimum Gasteiger partial charge on any atom is -0.378 e. The first-order valence-corrected chi connectivity index (χ1v) is 15.2. The van der Waals surface area contributed by atoms with Gasteiger partial charge in [0.15, 0.2) is 0 Å². The molecule has 2 aromatic rings. The van der Waals surface area contributed by atoms with Crippen LogP contribution < -0.4 is 4.72 Å². The highest BCUT2D eigenvalue weighted by Gasteiger charge is 2.33. The third kappa shape index (κ3) is 6.82. The first kappa shape index (κ1) is 27.4. The van der Waals surface area contributed by atoms with E-state index in [1.807, 2.05) is 12.1 Å². The number of ether oxygens (including phenoxy) is 1. The molecule has 4 rings (SSSR count). The monoisotopic (exact) mass is 548 g/mol. The maximum Gasteiger partial charge on any atom is 0.243 e. The molecule has 3 heterocycles. The van der Waals surface area contributed by atoms with Crippen LogP contribution in [0.2, 0.25) is 0 Å². The van der Waals surface area contributed by atoms with Gasteiger partial charge in [-0.1, -0.05) is 24.8 Å². The molecule has 0 radical (unpaired) electrons. The first-order chi connectivity index (χ1) is 17.7. The number of amides is 1. The van der Waals surface area contributed by atoms with E-state index < -0.39 is 26.0 Å². The van der Waals surface area contributed by atoms with Crippen molar-refractivity contribution in [3.05, 3.63) is 71.9 Å². The highest BCUT2D eigenvalue weighted by Crippen LogP contribution is 2.28. The summed E-state index contributed by atoms with van der Waals surface area (Å²) in [7, 11) is -7.32. The number of pyridine rings is 1. The van der Waals surface area contributed by atoms with Crippen molar-refractivity contribution >= 4 is 26.0 Å². The van der Waals surface area contributed by atoms with Crippen LogP contribution in [-0.2, 0) is 36.0 Å². The van der Waals surface area contributed by atoms with Crippen molar-refractivity contribution in [2.45, 2.75) is 23.7 Å². The molecule has 0 saturated carbocycles. The summed E-state index contributed by atoms with van der Waals surface area (Å²) in [4.78, 5) is 19.5. The van der Waals surface area contributed by atoms with Crippen LogP contribution in [0, 0.1) is 5.92 Å². The van der Waals surface area contributed by atoms with Crippen LogP contribution in [0.25, 0.3) is 0 Å². The van der Waals surface area contributed by atoms with Gasteiger partial charge >= 0.3 is 0 Å². The number of rotatable bonds is 10. The Kier molecular flexibility index (Phi) is 8.75. The smallest absolute Gasteiger partial charge is 0.243 e. The van der Waals surface area contributed by atoms with E-state index in [4.69, 9.17) is 4.74 Å². The molecule has 2 fully saturated rings. The summed E-state index contributed by atoms with van der Waals surface area (Å²) in [6.07, 6.45) is 4.42. The average Bonchev–Trinajstić information content (AvgIpc) is 3.42. The van der Waals surface area contributed by atoms with Gasteiger partial charge in [0, 0.05) is 50.5 Å². The molecule has 1 aromatic carbocycles. The number of hydrogen-bond donors (Lipinski definition) is 1. The zero-order chi connectivity index (χ0) is 26.5. The molecule has 2 aliphatic rings. The Hall–Kier alpha value is -2.64. The molecule has 0 bridgehead atoms. The molecule has 37 heavy (non-hydrogen) atoms. The van der Waals surface area contributed by atoms with E-state index in [0.29, 0.717) is 45.7 Å². The van der Waals surface area contributed by atoms with Gasteiger partial charge in [-0.2, -0.15) is 4.31 Å². The Morgan fingerprint density at radius 2 is 1.86 bits per heavy atom. The topological polar surface area (TPSA) is 126 Å². The summed E-state index contributed by atoms with van der Waals surface area (Å²) in [6.45, 7) is 5.98. The van der Waals surface area contributed by atoms with Crippen LogP contribution in [0.3, 0.4) is 0 Å². The molecule has 0 aliphatic carbocycles. The number of carbonyl (C=O) groups is 1. The maximum absolute atomic E-state index is 13.5. The number of nitrogens with zero attached hydrogens (tertiary/aromatic N) is 3. The summed E-state index contributed by atoms with van der Waals surface area (Å²) in [5.74, 6) is -0.626. The third-order valence-electron chi connectivity index (χ3n) is 6.74. The summed E-state index contributed by atoms with van der Waals surface area (Å²) in [5, 5.41) is 0.837. The molecule has 12 heteroatoms. The van der Waals surface area contributed by atoms with Crippen LogP contribution in [0.5, 0.6) is 0 Å². The molecule has 1 amide bonds. The van der Waals surface area contributed by atoms with Crippen molar-refractivity contribution in [3.63, 3.8) is 0 Å². The van der Waals surface area contributed by atoms with Gasteiger partial charge in [-0.15, -0.1) is 0 Å². The zero-order valence-electron chi connectivity index (χ0n) is 20.5. The number of morpholine rings is 1. The van der Waals surface area contributed by atoms with Gasteiger partial charge in [-0.3, -0.25) is 9.78 Å². The molecule has 1 aromatic heterocycles. The van der Waals surface area contributed by atoms with Gasteiger partial charge in [-0.25, -0.2) is 21.6 Å². The second-order valence-electron chi connectivity index (χ2n) is 9.20. The van der Waals surface area contributed by atoms with E-state index in [1.165, 1.54) is 4.31 Å². The lowest BCUT2D eigenvalue weighted by atomic mass is 9.91. The number of sulfonamides is 2. The fraction of sp³-hybridized carbons (Fsp3) is 0.440. The van der Waals surface area contributed by atoms with E-state index in [9.17, 15) is 21.6 Å². The molecule has 2 unspecified atom stereocenters. The van der Waals surface area contributed by atoms with Gasteiger partial charge in [0.1, 0.15) is 0 Å². The summed E-state index contributed by atoms with van der Waals surface area (Å²) in [5.41, 5.74) is 1.65. The maximum atomic E-state index is 13.5. The Labute approximate surface area is 218 Å². The van der Waals surface area contributed by atoms with Gasteiger partial charge < -0.3 is 9.64 Å². The van der Waals surface area contributed by atoms with Gasteiger partial charge in [0.25, 0.3) is 0 Å². The van der Waals surface area contributed by atoms with Gasteiger partial charge in [0.05, 0.1) is 24.0 Å². The standard InChI is InChI=1S/C25H32N4O6S2/c1-2-36(31,32)27-18-21-9-11-29(19-21)37(33,34)23-7-5-22(6-8-23)24(16-20-4-3-10-26-17-20)25(30)28-12-14-35-15-13-28/h2-8,10,17,21,24,27H,1,9,11-16,18-19H2. The average molecular weight is 549 g/mol. The van der Waals surface area contributed by atoms with Crippen molar-refractivity contribution in [1.82, 2.24) is 18.9 Å². The van der Waals surface area contributed by atoms with Crippen LogP contribution in [0.15, 0.2) is 65.7 Å². The lowest BCUT2D eigenvalue weighted by molar-refractivity contribution is -0.136. The van der Waals surface area contributed by atoms with E-state index in [0.717, 1.165) is 16.5 Å². The Bertz CT molecular complexity index is 1290. The molecule has 10 nitrogen and oxygen atoms in total. The first-order valence-electron chi connectivity index (χ1n) is 12.2. The van der Waals surface area contributed by atoms with Crippen LogP contribution in [-0.4, -0.2) is 82.9 Å². The Morgan fingerprint density at radius 1 is 1.14 bits per heavy atom. The largest absolute Gasteiger partial charge is 0.378 e. The molecule has 1 N–H and O–H groups in total. The normalized spacial score (nSPS) is 20.0. The molecular weight excluding hydrogens is 516 g/mol. The second kappa shape index (κ2) is 11.8. The Balaban J connectivity index is 1.49. The fourth-order valence-electron chi connectivity index (χ4n) is 4.60. The molecular formula is C25H32N4O6S2. The van der Waals surface area contributed by atoms with Crippen molar-refractivity contribution in [2.24, 2.45) is 5.92 Å². The summed E-state index contributed by atoms with van der Waals surface area (Å²) < 4.78 is 58.9. The van der Waals surface area contributed by atoms with Gasteiger partial charge in [-0.05, 0) is 48.1 Å². The minimum absolute atomic E-state index is 0.0212. The highest BCUT2D eigenvalue weighted by atomic mass is 32.2. The molecule has 2 atom stereocenters. The fourth-order valence-corrected chi connectivity index (χ4v) is 6.72. The molecule has 2 aliphatic heterocycles. The second-order valence-corrected chi connectivity index (χ2v) is 12.9. The van der Waals surface area contributed by atoms with Gasteiger partial charge in [0.2, 0.25) is 26.0 Å². The van der Waals surface area contributed by atoms with Crippen molar-refractivity contribution in [3.8, 4) is 0 Å². The van der Waals surface area contributed by atoms with Crippen molar-refractivity contribution in [2.75, 3.05) is 45.9 Å². The minimum atomic E-state index is -3.76. The van der Waals surface area contributed by atoms with Crippen LogP contribution >= 0.6 is 0 Å². The number of carbonyl (C=O) groups excluding carboxylic acids is 1. The summed E-state index contributed by atoms with van der Waals surface area (Å²) in [6, 6.07) is 10.2. The lowest BCUT2D eigenvalue weighted by Crippen LogP contribution is -2.43. The quantitative estimate of drug-likeness (QED) is 0.475. The van der Waals surface area contributed by atoms with E-state index >= 15 is 0 Å². The van der Waals surface area contributed by atoms with E-state index in [2.05, 4.69) is 16.3 Å².